The summed E-state index contributed by atoms with van der Waals surface area (Å²) >= 11 is 1.32. The van der Waals surface area contributed by atoms with Gasteiger partial charge in [-0.15, -0.1) is 11.3 Å². The first-order valence-electron chi connectivity index (χ1n) is 5.90. The van der Waals surface area contributed by atoms with Crippen molar-refractivity contribution in [3.05, 3.63) is 40.8 Å². The fraction of sp³-hybridized carbons (Fsp3) is 0.143. The molecule has 2 amide bonds. The highest BCUT2D eigenvalue weighted by Crippen LogP contribution is 2.34. The first-order valence-corrected chi connectivity index (χ1v) is 6.72. The van der Waals surface area contributed by atoms with E-state index in [9.17, 15) is 9.59 Å². The summed E-state index contributed by atoms with van der Waals surface area (Å²) in [4.78, 5) is 23.2. The lowest BCUT2D eigenvalue weighted by atomic mass is 10.1. The zero-order valence-electron chi connectivity index (χ0n) is 11.3. The molecule has 0 saturated carbocycles. The number of amides is 2. The van der Waals surface area contributed by atoms with E-state index in [4.69, 9.17) is 5.73 Å². The first kappa shape index (κ1) is 15.9. The molecule has 0 bridgehead atoms. The molecule has 0 aliphatic carbocycles. The summed E-state index contributed by atoms with van der Waals surface area (Å²) in [6.45, 7) is 2.00. The molecular weight excluding hydrogens is 274 g/mol. The van der Waals surface area contributed by atoms with Crippen molar-refractivity contribution in [1.82, 2.24) is 0 Å². The monoisotopic (exact) mass is 291 g/mol. The fourth-order valence-electron chi connectivity index (χ4n) is 1.66. The molecule has 5 nitrogen and oxygen atoms in total. The van der Waals surface area contributed by atoms with Crippen molar-refractivity contribution in [2.45, 2.75) is 6.92 Å². The van der Waals surface area contributed by atoms with Crippen molar-refractivity contribution in [2.75, 3.05) is 12.4 Å². The van der Waals surface area contributed by atoms with Crippen molar-refractivity contribution in [2.24, 2.45) is 11.5 Å². The van der Waals surface area contributed by atoms with Gasteiger partial charge in [0.25, 0.3) is 0 Å². The normalized spacial score (nSPS) is 9.35. The van der Waals surface area contributed by atoms with E-state index < -0.39 is 6.03 Å². The maximum absolute atomic E-state index is 10.9. The molecule has 0 atom stereocenters. The molecule has 5 N–H and O–H groups in total. The van der Waals surface area contributed by atoms with Crippen LogP contribution in [0.5, 0.6) is 0 Å². The lowest BCUT2D eigenvalue weighted by molar-refractivity contribution is 0.112. The number of carbonyl (C=O) groups excluding carboxylic acids is 2. The number of rotatable bonds is 3. The highest BCUT2D eigenvalue weighted by Gasteiger charge is 2.11. The lowest BCUT2D eigenvalue weighted by Gasteiger charge is -1.98. The Morgan fingerprint density at radius 1 is 1.30 bits per heavy atom. The van der Waals surface area contributed by atoms with Crippen molar-refractivity contribution in [1.29, 1.82) is 0 Å². The molecule has 6 heteroatoms. The van der Waals surface area contributed by atoms with Crippen LogP contribution in [0.2, 0.25) is 0 Å². The van der Waals surface area contributed by atoms with Gasteiger partial charge in [0, 0.05) is 4.88 Å². The maximum atomic E-state index is 10.9. The Hall–Kier alpha value is -2.18. The van der Waals surface area contributed by atoms with Gasteiger partial charge in [0.1, 0.15) is 0 Å². The molecule has 2 aromatic rings. The number of nitrogens with one attached hydrogen (secondary N) is 1. The third-order valence-electron chi connectivity index (χ3n) is 2.43. The summed E-state index contributed by atoms with van der Waals surface area (Å²) in [5.74, 6) is 0. The molecule has 1 heterocycles. The molecular formula is C14H17N3O2S. The smallest absolute Gasteiger partial charge is 0.316 e. The highest BCUT2D eigenvalue weighted by atomic mass is 32.1. The molecule has 0 aliphatic heterocycles. The molecule has 0 fully saturated rings. The average molecular weight is 291 g/mol. The van der Waals surface area contributed by atoms with Gasteiger partial charge < -0.3 is 16.8 Å². The van der Waals surface area contributed by atoms with Crippen molar-refractivity contribution < 1.29 is 9.59 Å². The Balaban J connectivity index is 0.000000956. The molecule has 0 spiro atoms. The zero-order valence-corrected chi connectivity index (χ0v) is 12.2. The van der Waals surface area contributed by atoms with E-state index in [1.807, 2.05) is 31.2 Å². The number of hydrogen-bond acceptors (Lipinski definition) is 4. The second-order valence-electron chi connectivity index (χ2n) is 3.87. The van der Waals surface area contributed by atoms with Crippen LogP contribution in [-0.4, -0.2) is 19.4 Å². The van der Waals surface area contributed by atoms with Crippen molar-refractivity contribution >= 4 is 29.3 Å². The van der Waals surface area contributed by atoms with Crippen LogP contribution in [0.15, 0.2) is 30.3 Å². The summed E-state index contributed by atoms with van der Waals surface area (Å²) in [7, 11) is 1.50. The van der Waals surface area contributed by atoms with Crippen LogP contribution < -0.4 is 16.8 Å². The first-order chi connectivity index (χ1) is 9.60. The molecule has 106 valence electrons. The van der Waals surface area contributed by atoms with E-state index >= 15 is 0 Å². The Morgan fingerprint density at radius 3 is 2.55 bits per heavy atom. The largest absolute Gasteiger partial charge is 0.351 e. The predicted molar refractivity (Wildman–Crippen MR) is 83.2 cm³/mol. The Bertz CT molecular complexity index is 608. The number of aryl methyl sites for hydroxylation is 1. The summed E-state index contributed by atoms with van der Waals surface area (Å²) in [6, 6.07) is 9.02. The molecule has 0 radical (unpaired) electrons. The van der Waals surface area contributed by atoms with Crippen LogP contribution in [0.25, 0.3) is 10.4 Å². The third kappa shape index (κ3) is 3.91. The lowest BCUT2D eigenvalue weighted by Crippen LogP contribution is -2.19. The molecule has 0 unspecified atom stereocenters. The minimum atomic E-state index is -0.674. The van der Waals surface area contributed by atoms with Gasteiger partial charge in [0.15, 0.2) is 6.29 Å². The SMILES string of the molecule is CN.Cc1cccc(-c2cc(NC(N)=O)c(C=O)s2)c1. The van der Waals surface area contributed by atoms with Gasteiger partial charge in [0.2, 0.25) is 0 Å². The van der Waals surface area contributed by atoms with Crippen LogP contribution in [0.4, 0.5) is 10.5 Å². The van der Waals surface area contributed by atoms with E-state index in [2.05, 4.69) is 11.1 Å². The number of primary amides is 1. The number of aldehydes is 1. The standard InChI is InChI=1S/C13H12N2O2S.CH5N/c1-8-3-2-4-9(5-8)11-6-10(15-13(14)17)12(7-16)18-11;1-2/h2-7H,1H3,(H3,14,15,17);2H2,1H3. The molecule has 1 aromatic carbocycles. The van der Waals surface area contributed by atoms with Crippen LogP contribution in [0.3, 0.4) is 0 Å². The Kier molecular flexibility index (Phi) is 5.89. The number of nitrogens with two attached hydrogens (primary N) is 2. The number of carbonyl (C=O) groups is 2. The van der Waals surface area contributed by atoms with Crippen molar-refractivity contribution in [3.63, 3.8) is 0 Å². The molecule has 0 saturated heterocycles. The summed E-state index contributed by atoms with van der Waals surface area (Å²) in [6.07, 6.45) is 0.717. The van der Waals surface area contributed by atoms with Crippen LogP contribution in [-0.2, 0) is 0 Å². The van der Waals surface area contributed by atoms with Crippen LogP contribution >= 0.6 is 11.3 Å². The van der Waals surface area contributed by atoms with E-state index in [0.717, 1.165) is 22.3 Å². The summed E-state index contributed by atoms with van der Waals surface area (Å²) in [5, 5.41) is 2.45. The number of benzene rings is 1. The predicted octanol–water partition coefficient (Wildman–Crippen LogP) is 2.60. The van der Waals surface area contributed by atoms with Gasteiger partial charge in [-0.2, -0.15) is 0 Å². The van der Waals surface area contributed by atoms with Gasteiger partial charge in [0.05, 0.1) is 10.6 Å². The van der Waals surface area contributed by atoms with Gasteiger partial charge in [-0.25, -0.2) is 4.79 Å². The Labute approximate surface area is 121 Å². The van der Waals surface area contributed by atoms with Gasteiger partial charge in [-0.1, -0.05) is 29.8 Å². The van der Waals surface area contributed by atoms with Gasteiger partial charge in [-0.05, 0) is 25.6 Å². The fourth-order valence-corrected chi connectivity index (χ4v) is 2.59. The van der Waals surface area contributed by atoms with Crippen molar-refractivity contribution in [3.8, 4) is 10.4 Å². The Morgan fingerprint density at radius 2 is 2.00 bits per heavy atom. The zero-order chi connectivity index (χ0) is 15.1. The highest BCUT2D eigenvalue weighted by molar-refractivity contribution is 7.17. The van der Waals surface area contributed by atoms with E-state index in [-0.39, 0.29) is 0 Å². The third-order valence-corrected chi connectivity index (χ3v) is 3.54. The molecule has 0 aliphatic rings. The van der Waals surface area contributed by atoms with Crippen LogP contribution in [0.1, 0.15) is 15.2 Å². The number of urea groups is 1. The summed E-state index contributed by atoms with van der Waals surface area (Å²) in [5.41, 5.74) is 12.2. The van der Waals surface area contributed by atoms with E-state index in [0.29, 0.717) is 10.6 Å². The number of hydrogen-bond donors (Lipinski definition) is 3. The summed E-state index contributed by atoms with van der Waals surface area (Å²) < 4.78 is 0. The quantitative estimate of drug-likeness (QED) is 0.758. The number of anilines is 1. The van der Waals surface area contributed by atoms with E-state index in [1.54, 1.807) is 6.07 Å². The van der Waals surface area contributed by atoms with E-state index in [1.165, 1.54) is 18.4 Å². The molecule has 2 rings (SSSR count). The minimum absolute atomic E-state index is 0.457. The molecule has 1 aromatic heterocycles. The number of thiophene rings is 1. The van der Waals surface area contributed by atoms with Crippen LogP contribution in [0, 0.1) is 6.92 Å². The maximum Gasteiger partial charge on any atom is 0.316 e. The second-order valence-corrected chi connectivity index (χ2v) is 4.95. The minimum Gasteiger partial charge on any atom is -0.351 e. The molecule has 20 heavy (non-hydrogen) atoms. The second kappa shape index (κ2) is 7.42. The van der Waals surface area contributed by atoms with Gasteiger partial charge in [-0.3, -0.25) is 4.79 Å². The average Bonchev–Trinajstić information content (AvgIpc) is 2.83. The topological polar surface area (TPSA) is 98.2 Å². The van der Waals surface area contributed by atoms with Gasteiger partial charge >= 0.3 is 6.03 Å².